The monoisotopic (exact) mass is 300 g/mol. The highest BCUT2D eigenvalue weighted by Crippen LogP contribution is 2.13. The van der Waals surface area contributed by atoms with Crippen LogP contribution in [0.5, 0.6) is 0 Å². The summed E-state index contributed by atoms with van der Waals surface area (Å²) in [6.07, 6.45) is 5.12. The molecule has 3 aromatic heterocycles. The van der Waals surface area contributed by atoms with Gasteiger partial charge in [0.25, 0.3) is 0 Å². The molecule has 0 fully saturated rings. The molecule has 0 aliphatic heterocycles. The molecular weight excluding hydrogens is 288 g/mol. The Morgan fingerprint density at radius 3 is 3.00 bits per heavy atom. The predicted molar refractivity (Wildman–Crippen MR) is 77.3 cm³/mol. The van der Waals surface area contributed by atoms with Gasteiger partial charge in [0.1, 0.15) is 6.61 Å². The molecule has 0 aliphatic carbocycles. The first kappa shape index (κ1) is 13.4. The fourth-order valence-electron chi connectivity index (χ4n) is 1.75. The summed E-state index contributed by atoms with van der Waals surface area (Å²) in [4.78, 5) is 21.3. The van der Waals surface area contributed by atoms with Gasteiger partial charge in [-0.05, 0) is 25.1 Å². The van der Waals surface area contributed by atoms with E-state index in [4.69, 9.17) is 4.74 Å². The fourth-order valence-corrected chi connectivity index (χ4v) is 2.46. The number of thiazole rings is 1. The number of carbonyl (C=O) groups excluding carboxylic acids is 1. The molecule has 0 atom stereocenters. The third-order valence-electron chi connectivity index (χ3n) is 2.70. The van der Waals surface area contributed by atoms with E-state index >= 15 is 0 Å². The fraction of sp³-hybridized carbons (Fsp3) is 0.143. The average Bonchev–Trinajstić information content (AvgIpc) is 3.16. The Morgan fingerprint density at radius 2 is 2.29 bits per heavy atom. The Balaban J connectivity index is 1.71. The van der Waals surface area contributed by atoms with Crippen LogP contribution in [0.1, 0.15) is 20.4 Å². The molecule has 21 heavy (non-hydrogen) atoms. The lowest BCUT2D eigenvalue weighted by atomic mass is 10.3. The molecule has 0 saturated heterocycles. The SMILES string of the molecule is Cc1ncc(COC(=O)c2cccc(-n3cccn3)n2)s1. The highest BCUT2D eigenvalue weighted by Gasteiger charge is 2.11. The van der Waals surface area contributed by atoms with Gasteiger partial charge in [-0.2, -0.15) is 5.10 Å². The molecule has 0 aromatic carbocycles. The van der Waals surface area contributed by atoms with Crippen molar-refractivity contribution in [1.29, 1.82) is 0 Å². The van der Waals surface area contributed by atoms with Crippen LogP contribution in [-0.2, 0) is 11.3 Å². The topological polar surface area (TPSA) is 69.9 Å². The molecular formula is C14H12N4O2S. The summed E-state index contributed by atoms with van der Waals surface area (Å²) in [5, 5.41) is 5.02. The van der Waals surface area contributed by atoms with Crippen LogP contribution < -0.4 is 0 Å². The van der Waals surface area contributed by atoms with E-state index in [1.807, 2.05) is 6.92 Å². The molecule has 0 unspecified atom stereocenters. The number of pyridine rings is 1. The van der Waals surface area contributed by atoms with Gasteiger partial charge in [0, 0.05) is 18.6 Å². The molecule has 0 spiro atoms. The van der Waals surface area contributed by atoms with Crippen LogP contribution >= 0.6 is 11.3 Å². The summed E-state index contributed by atoms with van der Waals surface area (Å²) in [6, 6.07) is 6.93. The Bertz CT molecular complexity index is 752. The molecule has 0 radical (unpaired) electrons. The van der Waals surface area contributed by atoms with Gasteiger partial charge in [-0.25, -0.2) is 19.4 Å². The van der Waals surface area contributed by atoms with Crippen molar-refractivity contribution >= 4 is 17.3 Å². The van der Waals surface area contributed by atoms with Crippen molar-refractivity contribution in [2.75, 3.05) is 0 Å². The van der Waals surface area contributed by atoms with Crippen LogP contribution in [0.4, 0.5) is 0 Å². The second-order valence-corrected chi connectivity index (χ2v) is 5.57. The van der Waals surface area contributed by atoms with Crippen LogP contribution in [0.25, 0.3) is 5.82 Å². The number of esters is 1. The molecule has 0 N–H and O–H groups in total. The molecule has 3 heterocycles. The first-order chi connectivity index (χ1) is 10.2. The Hall–Kier alpha value is -2.54. The van der Waals surface area contributed by atoms with E-state index in [0.29, 0.717) is 5.82 Å². The maximum absolute atomic E-state index is 12.0. The van der Waals surface area contributed by atoms with Gasteiger partial charge in [0.2, 0.25) is 0 Å². The zero-order valence-corrected chi connectivity index (χ0v) is 12.1. The number of hydrogen-bond acceptors (Lipinski definition) is 6. The number of carbonyl (C=O) groups is 1. The first-order valence-electron chi connectivity index (χ1n) is 6.28. The third kappa shape index (κ3) is 3.14. The molecule has 0 amide bonds. The highest BCUT2D eigenvalue weighted by atomic mass is 32.1. The lowest BCUT2D eigenvalue weighted by Gasteiger charge is -2.04. The summed E-state index contributed by atoms with van der Waals surface area (Å²) in [7, 11) is 0. The van der Waals surface area contributed by atoms with Crippen LogP contribution in [0.3, 0.4) is 0 Å². The normalized spacial score (nSPS) is 10.5. The predicted octanol–water partition coefficient (Wildman–Crippen LogP) is 2.39. The smallest absolute Gasteiger partial charge is 0.357 e. The maximum atomic E-state index is 12.0. The largest absolute Gasteiger partial charge is 0.455 e. The van der Waals surface area contributed by atoms with Gasteiger partial charge in [-0.15, -0.1) is 11.3 Å². The summed E-state index contributed by atoms with van der Waals surface area (Å²) in [5.74, 6) is 0.109. The van der Waals surface area contributed by atoms with Crippen molar-refractivity contribution in [2.24, 2.45) is 0 Å². The summed E-state index contributed by atoms with van der Waals surface area (Å²) in [5.41, 5.74) is 0.254. The van der Waals surface area contributed by atoms with Crippen molar-refractivity contribution in [2.45, 2.75) is 13.5 Å². The van der Waals surface area contributed by atoms with E-state index in [1.165, 1.54) is 11.3 Å². The van der Waals surface area contributed by atoms with Crippen molar-refractivity contribution in [3.05, 3.63) is 58.4 Å². The summed E-state index contributed by atoms with van der Waals surface area (Å²) >= 11 is 1.50. The van der Waals surface area contributed by atoms with E-state index in [9.17, 15) is 4.79 Å². The number of ether oxygens (including phenoxy) is 1. The van der Waals surface area contributed by atoms with Crippen molar-refractivity contribution in [1.82, 2.24) is 19.7 Å². The second kappa shape index (κ2) is 5.84. The molecule has 106 valence electrons. The Morgan fingerprint density at radius 1 is 1.38 bits per heavy atom. The third-order valence-corrected chi connectivity index (χ3v) is 3.58. The Labute approximate surface area is 125 Å². The summed E-state index contributed by atoms with van der Waals surface area (Å²) < 4.78 is 6.83. The molecule has 0 aliphatic rings. The molecule has 6 nitrogen and oxygen atoms in total. The minimum Gasteiger partial charge on any atom is -0.455 e. The van der Waals surface area contributed by atoms with E-state index in [1.54, 1.807) is 47.5 Å². The maximum Gasteiger partial charge on any atom is 0.357 e. The van der Waals surface area contributed by atoms with Crippen molar-refractivity contribution in [3.8, 4) is 5.82 Å². The minimum atomic E-state index is -0.463. The van der Waals surface area contributed by atoms with E-state index in [2.05, 4.69) is 15.1 Å². The van der Waals surface area contributed by atoms with Gasteiger partial charge >= 0.3 is 5.97 Å². The standard InChI is InChI=1S/C14H12N4O2S/c1-10-15-8-11(21-10)9-20-14(19)12-4-2-5-13(17-12)18-7-3-6-16-18/h2-8H,9H2,1H3. The second-order valence-electron chi connectivity index (χ2n) is 4.25. The molecule has 0 saturated carbocycles. The quantitative estimate of drug-likeness (QED) is 0.692. The van der Waals surface area contributed by atoms with Gasteiger partial charge in [0.05, 0.1) is 9.88 Å². The lowest BCUT2D eigenvalue weighted by Crippen LogP contribution is -2.09. The highest BCUT2D eigenvalue weighted by molar-refractivity contribution is 7.11. The van der Waals surface area contributed by atoms with Gasteiger partial charge in [-0.3, -0.25) is 0 Å². The molecule has 3 rings (SSSR count). The van der Waals surface area contributed by atoms with Crippen LogP contribution in [-0.4, -0.2) is 25.7 Å². The van der Waals surface area contributed by atoms with Gasteiger partial charge < -0.3 is 4.74 Å². The zero-order valence-electron chi connectivity index (χ0n) is 11.3. The minimum absolute atomic E-state index is 0.206. The van der Waals surface area contributed by atoms with Gasteiger partial charge in [-0.1, -0.05) is 6.07 Å². The van der Waals surface area contributed by atoms with E-state index in [-0.39, 0.29) is 12.3 Å². The lowest BCUT2D eigenvalue weighted by molar-refractivity contribution is 0.0469. The molecule has 3 aromatic rings. The zero-order chi connectivity index (χ0) is 14.7. The number of nitrogens with zero attached hydrogens (tertiary/aromatic N) is 4. The van der Waals surface area contributed by atoms with E-state index in [0.717, 1.165) is 9.88 Å². The van der Waals surface area contributed by atoms with Gasteiger partial charge in [0.15, 0.2) is 11.5 Å². The molecule has 0 bridgehead atoms. The Kier molecular flexibility index (Phi) is 3.74. The number of aryl methyl sites for hydroxylation is 1. The number of rotatable bonds is 4. The van der Waals surface area contributed by atoms with Crippen molar-refractivity contribution < 1.29 is 9.53 Å². The van der Waals surface area contributed by atoms with E-state index < -0.39 is 5.97 Å². The first-order valence-corrected chi connectivity index (χ1v) is 7.09. The molecule has 7 heteroatoms. The van der Waals surface area contributed by atoms with Crippen LogP contribution in [0.2, 0.25) is 0 Å². The number of aromatic nitrogens is 4. The van der Waals surface area contributed by atoms with Crippen LogP contribution in [0, 0.1) is 6.92 Å². The van der Waals surface area contributed by atoms with Crippen molar-refractivity contribution in [3.63, 3.8) is 0 Å². The van der Waals surface area contributed by atoms with Crippen LogP contribution in [0.15, 0.2) is 42.9 Å². The average molecular weight is 300 g/mol. The summed E-state index contributed by atoms with van der Waals surface area (Å²) in [6.45, 7) is 2.11. The number of hydrogen-bond donors (Lipinski definition) is 0.